The zero-order valence-electron chi connectivity index (χ0n) is 5.39. The highest BCUT2D eigenvalue weighted by Crippen LogP contribution is 1.79. The van der Waals surface area contributed by atoms with Gasteiger partial charge in [-0.25, -0.2) is 0 Å². The maximum atomic E-state index is 3.91. The van der Waals surface area contributed by atoms with Crippen LogP contribution in [-0.4, -0.2) is 5.71 Å². The molecule has 0 saturated heterocycles. The third-order valence-corrected chi connectivity index (χ3v) is 0.703. The molecule has 0 aliphatic heterocycles. The highest BCUT2D eigenvalue weighted by molar-refractivity contribution is 5.92. The Kier molecular flexibility index (Phi) is 3.85. The molecule has 0 spiro atoms. The van der Waals surface area contributed by atoms with Gasteiger partial charge in [0.25, 0.3) is 0 Å². The largest absolute Gasteiger partial charge is 0.262 e. The number of allylic oxidation sites excluding steroid dienone is 2. The lowest BCUT2D eigenvalue weighted by molar-refractivity contribution is 1.55. The normalized spacial score (nSPS) is 12.5. The fourth-order valence-corrected chi connectivity index (χ4v) is 0.428. The van der Waals surface area contributed by atoms with Crippen molar-refractivity contribution in [3.63, 3.8) is 0 Å². The number of hydrogen-bond acceptors (Lipinski definition) is 1. The quantitative estimate of drug-likeness (QED) is 0.482. The lowest BCUT2D eigenvalue weighted by atomic mass is 10.4. The van der Waals surface area contributed by atoms with E-state index in [9.17, 15) is 0 Å². The zero-order chi connectivity index (χ0) is 6.41. The highest BCUT2D eigenvalue weighted by atomic mass is 14.7. The molecule has 0 amide bonds. The Balaban J connectivity index is 3.79. The van der Waals surface area contributed by atoms with Crippen molar-refractivity contribution in [3.8, 4) is 0 Å². The van der Waals surface area contributed by atoms with Gasteiger partial charge in [-0.3, -0.25) is 4.99 Å². The van der Waals surface area contributed by atoms with Crippen LogP contribution in [0.4, 0.5) is 0 Å². The Morgan fingerprint density at radius 1 is 1.62 bits per heavy atom. The molecular formula is C7H11N. The predicted molar refractivity (Wildman–Crippen MR) is 38.1 cm³/mol. The topological polar surface area (TPSA) is 12.4 Å². The first kappa shape index (κ1) is 7.15. The minimum Gasteiger partial charge on any atom is -0.262 e. The molecule has 0 aromatic heterocycles. The first-order valence-electron chi connectivity index (χ1n) is 2.59. The molecule has 0 unspecified atom stereocenters. The van der Waals surface area contributed by atoms with E-state index in [1.807, 2.05) is 26.0 Å². The molecule has 0 rings (SSSR count). The van der Waals surface area contributed by atoms with Crippen molar-refractivity contribution in [1.29, 1.82) is 0 Å². The van der Waals surface area contributed by atoms with Gasteiger partial charge in [0.15, 0.2) is 0 Å². The third kappa shape index (κ3) is 3.34. The van der Waals surface area contributed by atoms with E-state index in [0.29, 0.717) is 0 Å². The molecule has 0 aromatic carbocycles. The van der Waals surface area contributed by atoms with Gasteiger partial charge in [0.2, 0.25) is 0 Å². The molecule has 0 aromatic rings. The summed E-state index contributed by atoms with van der Waals surface area (Å²) in [6.45, 7) is 7.35. The lowest BCUT2D eigenvalue weighted by Gasteiger charge is -1.82. The monoisotopic (exact) mass is 109 g/mol. The Hall–Kier alpha value is -0.850. The van der Waals surface area contributed by atoms with Gasteiger partial charge in [0.1, 0.15) is 0 Å². The maximum Gasteiger partial charge on any atom is 0.0369 e. The summed E-state index contributed by atoms with van der Waals surface area (Å²) >= 11 is 0. The summed E-state index contributed by atoms with van der Waals surface area (Å²) in [5.41, 5.74) is 0.988. The smallest absolute Gasteiger partial charge is 0.0369 e. The van der Waals surface area contributed by atoms with Crippen LogP contribution in [0, 0.1) is 0 Å². The second kappa shape index (κ2) is 4.31. The minimum absolute atomic E-state index is 0.988. The van der Waals surface area contributed by atoms with E-state index >= 15 is 0 Å². The number of rotatable bonds is 2. The fourth-order valence-electron chi connectivity index (χ4n) is 0.428. The summed E-state index contributed by atoms with van der Waals surface area (Å²) in [6, 6.07) is 0. The molecule has 0 aliphatic carbocycles. The van der Waals surface area contributed by atoms with Crippen molar-refractivity contribution >= 4 is 5.71 Å². The molecule has 0 bridgehead atoms. The van der Waals surface area contributed by atoms with Crippen molar-refractivity contribution in [2.24, 2.45) is 4.99 Å². The molecule has 0 aliphatic rings. The first-order chi connectivity index (χ1) is 3.81. The van der Waals surface area contributed by atoms with Gasteiger partial charge in [0.05, 0.1) is 0 Å². The summed E-state index contributed by atoms with van der Waals surface area (Å²) in [5, 5.41) is 0. The summed E-state index contributed by atoms with van der Waals surface area (Å²) in [4.78, 5) is 3.91. The summed E-state index contributed by atoms with van der Waals surface area (Å²) in [7, 11) is 0. The highest BCUT2D eigenvalue weighted by Gasteiger charge is 1.73. The molecule has 1 heteroatoms. The van der Waals surface area contributed by atoms with Crippen LogP contribution < -0.4 is 0 Å². The van der Waals surface area contributed by atoms with Crippen LogP contribution in [0.1, 0.15) is 13.8 Å². The van der Waals surface area contributed by atoms with Crippen LogP contribution in [0.2, 0.25) is 0 Å². The SMILES string of the molecule is C=CN=C(C)C=CC. The summed E-state index contributed by atoms with van der Waals surface area (Å²) < 4.78 is 0. The van der Waals surface area contributed by atoms with Gasteiger partial charge in [0, 0.05) is 11.9 Å². The second-order valence-electron chi connectivity index (χ2n) is 1.45. The third-order valence-electron chi connectivity index (χ3n) is 0.703. The van der Waals surface area contributed by atoms with E-state index in [2.05, 4.69) is 11.6 Å². The van der Waals surface area contributed by atoms with Crippen LogP contribution in [0.15, 0.2) is 29.9 Å². The summed E-state index contributed by atoms with van der Waals surface area (Å²) in [5.74, 6) is 0. The van der Waals surface area contributed by atoms with E-state index in [1.54, 1.807) is 0 Å². The van der Waals surface area contributed by atoms with Crippen molar-refractivity contribution < 1.29 is 0 Å². The van der Waals surface area contributed by atoms with Crippen LogP contribution in [0.25, 0.3) is 0 Å². The van der Waals surface area contributed by atoms with Gasteiger partial charge in [-0.1, -0.05) is 12.7 Å². The van der Waals surface area contributed by atoms with E-state index in [1.165, 1.54) is 6.20 Å². The lowest BCUT2D eigenvalue weighted by Crippen LogP contribution is -1.79. The van der Waals surface area contributed by atoms with Gasteiger partial charge < -0.3 is 0 Å². The van der Waals surface area contributed by atoms with E-state index in [-0.39, 0.29) is 0 Å². The average Bonchev–Trinajstić information content (AvgIpc) is 1.68. The van der Waals surface area contributed by atoms with Crippen molar-refractivity contribution in [2.75, 3.05) is 0 Å². The molecule has 0 fully saturated rings. The van der Waals surface area contributed by atoms with Crippen LogP contribution >= 0.6 is 0 Å². The molecular weight excluding hydrogens is 98.1 g/mol. The molecule has 0 atom stereocenters. The molecule has 1 nitrogen and oxygen atoms in total. The van der Waals surface area contributed by atoms with Crippen molar-refractivity contribution in [1.82, 2.24) is 0 Å². The number of nitrogens with zero attached hydrogens (tertiary/aromatic N) is 1. The number of aliphatic imine (C=N–C) groups is 1. The van der Waals surface area contributed by atoms with E-state index in [0.717, 1.165) is 5.71 Å². The van der Waals surface area contributed by atoms with Gasteiger partial charge >= 0.3 is 0 Å². The second-order valence-corrected chi connectivity index (χ2v) is 1.45. The Morgan fingerprint density at radius 2 is 2.25 bits per heavy atom. The summed E-state index contributed by atoms with van der Waals surface area (Å²) in [6.07, 6.45) is 5.42. The van der Waals surface area contributed by atoms with E-state index in [4.69, 9.17) is 0 Å². The average molecular weight is 109 g/mol. The molecule has 0 heterocycles. The molecule has 0 saturated carbocycles. The van der Waals surface area contributed by atoms with Crippen molar-refractivity contribution in [2.45, 2.75) is 13.8 Å². The van der Waals surface area contributed by atoms with Gasteiger partial charge in [-0.2, -0.15) is 0 Å². The van der Waals surface area contributed by atoms with Gasteiger partial charge in [-0.15, -0.1) is 0 Å². The predicted octanol–water partition coefficient (Wildman–Crippen LogP) is 2.17. The van der Waals surface area contributed by atoms with Crippen LogP contribution in [-0.2, 0) is 0 Å². The van der Waals surface area contributed by atoms with Gasteiger partial charge in [-0.05, 0) is 19.9 Å². The standard InChI is InChI=1S/C7H11N/c1-4-6-7(3)8-5-2/h4-6H,2H2,1,3H3. The van der Waals surface area contributed by atoms with Crippen molar-refractivity contribution in [3.05, 3.63) is 24.9 Å². The first-order valence-corrected chi connectivity index (χ1v) is 2.59. The molecule has 0 radical (unpaired) electrons. The van der Waals surface area contributed by atoms with E-state index < -0.39 is 0 Å². The number of hydrogen-bond donors (Lipinski definition) is 0. The fraction of sp³-hybridized carbons (Fsp3) is 0.286. The zero-order valence-corrected chi connectivity index (χ0v) is 5.39. The molecule has 44 valence electrons. The Morgan fingerprint density at radius 3 is 2.62 bits per heavy atom. The Labute approximate surface area is 50.4 Å². The minimum atomic E-state index is 0.988. The Bertz CT molecular complexity index is 120. The molecule has 0 N–H and O–H groups in total. The molecule has 8 heavy (non-hydrogen) atoms. The van der Waals surface area contributed by atoms with Crippen LogP contribution in [0.5, 0.6) is 0 Å². The van der Waals surface area contributed by atoms with Crippen LogP contribution in [0.3, 0.4) is 0 Å². The maximum absolute atomic E-state index is 3.91.